The van der Waals surface area contributed by atoms with Crippen molar-refractivity contribution in [3.05, 3.63) is 61.1 Å². The van der Waals surface area contributed by atoms with E-state index in [0.717, 1.165) is 11.1 Å². The van der Waals surface area contributed by atoms with E-state index in [1.54, 1.807) is 51.0 Å². The second kappa shape index (κ2) is 6.79. The van der Waals surface area contributed by atoms with E-state index in [1.165, 1.54) is 0 Å². The quantitative estimate of drug-likeness (QED) is 0.714. The van der Waals surface area contributed by atoms with Crippen molar-refractivity contribution in [3.63, 3.8) is 0 Å². The van der Waals surface area contributed by atoms with E-state index in [2.05, 4.69) is 9.97 Å². The topological polar surface area (TPSA) is 53.5 Å². The predicted molar refractivity (Wildman–Crippen MR) is 87.1 cm³/mol. The monoisotopic (exact) mass is 308 g/mol. The van der Waals surface area contributed by atoms with E-state index in [4.69, 9.17) is 14.2 Å². The minimum atomic E-state index is 0.508. The molecule has 0 radical (unpaired) electrons. The van der Waals surface area contributed by atoms with Gasteiger partial charge < -0.3 is 14.2 Å². The predicted octanol–water partition coefficient (Wildman–Crippen LogP) is 3.95. The van der Waals surface area contributed by atoms with Gasteiger partial charge in [-0.05, 0) is 29.8 Å². The van der Waals surface area contributed by atoms with Gasteiger partial charge in [-0.1, -0.05) is 0 Å². The minimum absolute atomic E-state index is 0.508. The van der Waals surface area contributed by atoms with Crippen molar-refractivity contribution in [1.29, 1.82) is 0 Å². The molecule has 1 aromatic carbocycles. The molecule has 0 aliphatic rings. The van der Waals surface area contributed by atoms with E-state index in [-0.39, 0.29) is 0 Å². The fourth-order valence-corrected chi connectivity index (χ4v) is 2.18. The number of ether oxygens (including phenoxy) is 3. The molecular formula is C18H16N2O3. The molecule has 0 unspecified atom stereocenters. The van der Waals surface area contributed by atoms with Crippen LogP contribution in [0.25, 0.3) is 11.1 Å². The maximum atomic E-state index is 5.96. The van der Waals surface area contributed by atoms with Gasteiger partial charge in [-0.15, -0.1) is 0 Å². The Labute approximate surface area is 134 Å². The van der Waals surface area contributed by atoms with E-state index >= 15 is 0 Å². The van der Waals surface area contributed by atoms with E-state index in [1.807, 2.05) is 24.3 Å². The van der Waals surface area contributed by atoms with Crippen molar-refractivity contribution in [2.24, 2.45) is 0 Å². The van der Waals surface area contributed by atoms with Gasteiger partial charge in [0.2, 0.25) is 5.88 Å². The molecule has 0 fully saturated rings. The van der Waals surface area contributed by atoms with E-state index in [0.29, 0.717) is 23.1 Å². The first kappa shape index (κ1) is 14.8. The van der Waals surface area contributed by atoms with Crippen molar-refractivity contribution in [2.45, 2.75) is 0 Å². The zero-order chi connectivity index (χ0) is 16.1. The summed E-state index contributed by atoms with van der Waals surface area (Å²) >= 11 is 0. The van der Waals surface area contributed by atoms with Gasteiger partial charge in [-0.2, -0.15) is 0 Å². The highest BCUT2D eigenvalue weighted by Gasteiger charge is 2.10. The van der Waals surface area contributed by atoms with Crippen LogP contribution in [0, 0.1) is 0 Å². The average Bonchev–Trinajstić information content (AvgIpc) is 2.62. The summed E-state index contributed by atoms with van der Waals surface area (Å²) in [5, 5.41) is 0. The van der Waals surface area contributed by atoms with Crippen LogP contribution in [0.3, 0.4) is 0 Å². The number of pyridine rings is 2. The number of rotatable bonds is 5. The van der Waals surface area contributed by atoms with Crippen LogP contribution in [0.5, 0.6) is 23.1 Å². The lowest BCUT2D eigenvalue weighted by molar-refractivity contribution is 0.385. The molecule has 0 amide bonds. The van der Waals surface area contributed by atoms with Crippen LogP contribution in [0.15, 0.2) is 61.1 Å². The highest BCUT2D eigenvalue weighted by atomic mass is 16.5. The van der Waals surface area contributed by atoms with Gasteiger partial charge in [0, 0.05) is 42.4 Å². The lowest BCUT2D eigenvalue weighted by atomic mass is 10.1. The molecule has 3 aromatic rings. The van der Waals surface area contributed by atoms with Crippen LogP contribution in [-0.2, 0) is 0 Å². The van der Waals surface area contributed by atoms with Gasteiger partial charge in [-0.3, -0.25) is 4.98 Å². The van der Waals surface area contributed by atoms with Crippen LogP contribution in [0.4, 0.5) is 0 Å². The lowest BCUT2D eigenvalue weighted by Crippen LogP contribution is -1.93. The molecule has 2 heterocycles. The Morgan fingerprint density at radius 2 is 1.43 bits per heavy atom. The largest absolute Gasteiger partial charge is 0.496 e. The van der Waals surface area contributed by atoms with Crippen LogP contribution < -0.4 is 14.2 Å². The Bertz CT molecular complexity index is 769. The van der Waals surface area contributed by atoms with Crippen LogP contribution in [-0.4, -0.2) is 24.2 Å². The molecule has 0 atom stereocenters. The first-order chi connectivity index (χ1) is 11.3. The molecule has 5 nitrogen and oxygen atoms in total. The summed E-state index contributed by atoms with van der Waals surface area (Å²) in [4.78, 5) is 8.37. The minimum Gasteiger partial charge on any atom is -0.496 e. The Balaban J connectivity index is 1.98. The second-order valence-electron chi connectivity index (χ2n) is 4.74. The summed E-state index contributed by atoms with van der Waals surface area (Å²) in [7, 11) is 3.20. The summed E-state index contributed by atoms with van der Waals surface area (Å²) in [6, 6.07) is 13.0. The summed E-state index contributed by atoms with van der Waals surface area (Å²) in [6.07, 6.45) is 5.17. The highest BCUT2D eigenvalue weighted by molar-refractivity contribution is 5.68. The summed E-state index contributed by atoms with van der Waals surface area (Å²) in [6.45, 7) is 0. The number of methoxy groups -OCH3 is 2. The zero-order valence-corrected chi connectivity index (χ0v) is 12.9. The molecule has 2 aromatic heterocycles. The standard InChI is InChI=1S/C18H16N2O3/c1-21-14-10-15(22-2)12-16(11-14)23-18-17(4-3-7-20-18)13-5-8-19-9-6-13/h3-12H,1-2H3. The van der Waals surface area contributed by atoms with Crippen molar-refractivity contribution >= 4 is 0 Å². The third-order valence-electron chi connectivity index (χ3n) is 3.30. The smallest absolute Gasteiger partial charge is 0.227 e. The molecular weight excluding hydrogens is 292 g/mol. The Kier molecular flexibility index (Phi) is 4.38. The number of benzene rings is 1. The molecule has 116 valence electrons. The molecule has 0 saturated carbocycles. The maximum absolute atomic E-state index is 5.96. The van der Waals surface area contributed by atoms with E-state index in [9.17, 15) is 0 Å². The summed E-state index contributed by atoms with van der Waals surface area (Å²) < 4.78 is 16.5. The molecule has 5 heteroatoms. The molecule has 23 heavy (non-hydrogen) atoms. The lowest BCUT2D eigenvalue weighted by Gasteiger charge is -2.12. The SMILES string of the molecule is COc1cc(OC)cc(Oc2ncccc2-c2ccncc2)c1. The van der Waals surface area contributed by atoms with Crippen LogP contribution >= 0.6 is 0 Å². The Morgan fingerprint density at radius 3 is 2.09 bits per heavy atom. The van der Waals surface area contributed by atoms with Crippen LogP contribution in [0.1, 0.15) is 0 Å². The fraction of sp³-hybridized carbons (Fsp3) is 0.111. The maximum Gasteiger partial charge on any atom is 0.227 e. The third-order valence-corrected chi connectivity index (χ3v) is 3.30. The summed E-state index contributed by atoms with van der Waals surface area (Å²) in [5.74, 6) is 2.41. The Hall–Kier alpha value is -3.08. The highest BCUT2D eigenvalue weighted by Crippen LogP contribution is 2.34. The number of hydrogen-bond acceptors (Lipinski definition) is 5. The molecule has 3 rings (SSSR count). The first-order valence-electron chi connectivity index (χ1n) is 7.06. The van der Waals surface area contributed by atoms with Gasteiger partial charge in [0.1, 0.15) is 17.2 Å². The number of nitrogens with zero attached hydrogens (tertiary/aromatic N) is 2. The molecule has 0 bridgehead atoms. The van der Waals surface area contributed by atoms with Crippen molar-refractivity contribution < 1.29 is 14.2 Å². The van der Waals surface area contributed by atoms with Gasteiger partial charge >= 0.3 is 0 Å². The van der Waals surface area contributed by atoms with Gasteiger partial charge in [0.05, 0.1) is 14.2 Å². The van der Waals surface area contributed by atoms with Crippen molar-refractivity contribution in [2.75, 3.05) is 14.2 Å². The van der Waals surface area contributed by atoms with Gasteiger partial charge in [0.25, 0.3) is 0 Å². The van der Waals surface area contributed by atoms with E-state index < -0.39 is 0 Å². The summed E-state index contributed by atoms with van der Waals surface area (Å²) in [5.41, 5.74) is 1.87. The third kappa shape index (κ3) is 3.40. The normalized spacial score (nSPS) is 10.2. The van der Waals surface area contributed by atoms with Gasteiger partial charge in [0.15, 0.2) is 0 Å². The van der Waals surface area contributed by atoms with Crippen molar-refractivity contribution in [1.82, 2.24) is 9.97 Å². The average molecular weight is 308 g/mol. The van der Waals surface area contributed by atoms with Crippen LogP contribution in [0.2, 0.25) is 0 Å². The molecule has 0 saturated heterocycles. The Morgan fingerprint density at radius 1 is 0.783 bits per heavy atom. The molecule has 0 aliphatic heterocycles. The molecule has 0 aliphatic carbocycles. The van der Waals surface area contributed by atoms with Crippen molar-refractivity contribution in [3.8, 4) is 34.3 Å². The van der Waals surface area contributed by atoms with Gasteiger partial charge in [-0.25, -0.2) is 4.98 Å². The second-order valence-corrected chi connectivity index (χ2v) is 4.74. The first-order valence-corrected chi connectivity index (χ1v) is 7.06. The zero-order valence-electron chi connectivity index (χ0n) is 12.9. The number of hydrogen-bond donors (Lipinski definition) is 0. The molecule has 0 N–H and O–H groups in total. The molecule has 0 spiro atoms. The fourth-order valence-electron chi connectivity index (χ4n) is 2.18. The number of aromatic nitrogens is 2.